The monoisotopic (exact) mass is 234 g/mol. The van der Waals surface area contributed by atoms with Crippen molar-refractivity contribution in [1.29, 1.82) is 0 Å². The van der Waals surface area contributed by atoms with Crippen LogP contribution in [0.2, 0.25) is 0 Å². The fraction of sp³-hybridized carbons (Fsp3) is 0.467. The molecule has 0 N–H and O–H groups in total. The third kappa shape index (κ3) is 2.82. The first-order valence-electron chi connectivity index (χ1n) is 5.73. The number of hydrogen-bond acceptors (Lipinski definition) is 2. The van der Waals surface area contributed by atoms with Gasteiger partial charge in [0.05, 0.1) is 14.2 Å². The Morgan fingerprint density at radius 2 is 1.53 bits per heavy atom. The van der Waals surface area contributed by atoms with Crippen LogP contribution in [0.25, 0.3) is 5.57 Å². The Hall–Kier alpha value is -1.44. The van der Waals surface area contributed by atoms with E-state index in [4.69, 9.17) is 9.47 Å². The molecule has 0 unspecified atom stereocenters. The Bertz CT molecular complexity index is 425. The summed E-state index contributed by atoms with van der Waals surface area (Å²) < 4.78 is 10.7. The second-order valence-corrected chi connectivity index (χ2v) is 5.28. The minimum atomic E-state index is 0.0494. The number of hydrogen-bond donors (Lipinski definition) is 0. The Kier molecular flexibility index (Phi) is 3.87. The number of benzene rings is 1. The summed E-state index contributed by atoms with van der Waals surface area (Å²) in [7, 11) is 3.31. The molecule has 2 nitrogen and oxygen atoms in total. The average Bonchev–Trinajstić information content (AvgIpc) is 2.25. The molecule has 0 radical (unpaired) electrons. The molecule has 0 bridgehead atoms. The zero-order chi connectivity index (χ0) is 13.2. The first-order chi connectivity index (χ1) is 7.81. The van der Waals surface area contributed by atoms with Crippen LogP contribution in [0.5, 0.6) is 11.5 Å². The highest BCUT2D eigenvalue weighted by Crippen LogP contribution is 2.38. The normalized spacial score (nSPS) is 11.2. The zero-order valence-electron chi connectivity index (χ0n) is 11.7. The number of methoxy groups -OCH3 is 2. The van der Waals surface area contributed by atoms with E-state index in [0.717, 1.165) is 22.6 Å². The van der Waals surface area contributed by atoms with Crippen molar-refractivity contribution >= 4 is 5.57 Å². The van der Waals surface area contributed by atoms with Gasteiger partial charge in [0.15, 0.2) is 11.5 Å². The van der Waals surface area contributed by atoms with Gasteiger partial charge in [-0.05, 0) is 35.6 Å². The van der Waals surface area contributed by atoms with Gasteiger partial charge in [0.25, 0.3) is 0 Å². The van der Waals surface area contributed by atoms with Gasteiger partial charge < -0.3 is 9.47 Å². The van der Waals surface area contributed by atoms with E-state index in [0.29, 0.717) is 0 Å². The second kappa shape index (κ2) is 4.82. The minimum Gasteiger partial charge on any atom is -0.493 e. The van der Waals surface area contributed by atoms with Gasteiger partial charge in [0.2, 0.25) is 0 Å². The molecule has 94 valence electrons. The highest BCUT2D eigenvalue weighted by molar-refractivity contribution is 5.69. The fourth-order valence-electron chi connectivity index (χ4n) is 1.85. The van der Waals surface area contributed by atoms with Crippen LogP contribution in [0.3, 0.4) is 0 Å². The van der Waals surface area contributed by atoms with Crippen LogP contribution in [0, 0.1) is 0 Å². The van der Waals surface area contributed by atoms with E-state index in [9.17, 15) is 0 Å². The van der Waals surface area contributed by atoms with Crippen molar-refractivity contribution in [3.05, 3.63) is 29.8 Å². The van der Waals surface area contributed by atoms with E-state index in [1.54, 1.807) is 14.2 Å². The van der Waals surface area contributed by atoms with E-state index < -0.39 is 0 Å². The summed E-state index contributed by atoms with van der Waals surface area (Å²) in [6.45, 7) is 12.6. The minimum absolute atomic E-state index is 0.0494. The molecule has 0 saturated heterocycles. The summed E-state index contributed by atoms with van der Waals surface area (Å²) in [4.78, 5) is 0. The van der Waals surface area contributed by atoms with Gasteiger partial charge in [-0.3, -0.25) is 0 Å². The topological polar surface area (TPSA) is 18.5 Å². The van der Waals surface area contributed by atoms with Crippen molar-refractivity contribution in [2.24, 2.45) is 0 Å². The van der Waals surface area contributed by atoms with Gasteiger partial charge in [0.1, 0.15) is 0 Å². The van der Waals surface area contributed by atoms with Crippen molar-refractivity contribution < 1.29 is 9.47 Å². The first-order valence-corrected chi connectivity index (χ1v) is 5.73. The van der Waals surface area contributed by atoms with Crippen molar-refractivity contribution in [2.45, 2.75) is 33.1 Å². The summed E-state index contributed by atoms with van der Waals surface area (Å²) in [6.07, 6.45) is 0. The first kappa shape index (κ1) is 13.6. The Morgan fingerprint density at radius 3 is 1.88 bits per heavy atom. The van der Waals surface area contributed by atoms with Crippen molar-refractivity contribution in [3.8, 4) is 11.5 Å². The van der Waals surface area contributed by atoms with Crippen molar-refractivity contribution in [2.75, 3.05) is 14.2 Å². The van der Waals surface area contributed by atoms with Gasteiger partial charge >= 0.3 is 0 Å². The van der Waals surface area contributed by atoms with Crippen LogP contribution in [0.15, 0.2) is 18.7 Å². The summed E-state index contributed by atoms with van der Waals surface area (Å²) in [6, 6.07) is 4.05. The number of ether oxygens (including phenoxy) is 2. The third-order valence-corrected chi connectivity index (χ3v) is 2.79. The summed E-state index contributed by atoms with van der Waals surface area (Å²) in [5.74, 6) is 1.51. The maximum atomic E-state index is 5.35. The van der Waals surface area contributed by atoms with Crippen LogP contribution in [-0.2, 0) is 5.41 Å². The fourth-order valence-corrected chi connectivity index (χ4v) is 1.85. The number of allylic oxidation sites excluding steroid dienone is 1. The number of rotatable bonds is 3. The van der Waals surface area contributed by atoms with E-state index in [1.165, 1.54) is 5.56 Å². The highest BCUT2D eigenvalue weighted by atomic mass is 16.5. The molecule has 0 aliphatic carbocycles. The van der Waals surface area contributed by atoms with Crippen LogP contribution in [-0.4, -0.2) is 14.2 Å². The summed E-state index contributed by atoms with van der Waals surface area (Å²) >= 11 is 0. The van der Waals surface area contributed by atoms with Crippen LogP contribution in [0.1, 0.15) is 38.8 Å². The molecule has 0 aliphatic heterocycles. The molecule has 0 aliphatic rings. The molecule has 0 fully saturated rings. The molecule has 17 heavy (non-hydrogen) atoms. The molecule has 0 amide bonds. The molecule has 1 aromatic carbocycles. The lowest BCUT2D eigenvalue weighted by molar-refractivity contribution is 0.353. The Balaban J connectivity index is 3.52. The molecule has 0 aromatic heterocycles. The third-order valence-electron chi connectivity index (χ3n) is 2.79. The van der Waals surface area contributed by atoms with Gasteiger partial charge in [-0.2, -0.15) is 0 Å². The molecule has 1 rings (SSSR count). The maximum absolute atomic E-state index is 5.35. The molecule has 0 saturated carbocycles. The lowest BCUT2D eigenvalue weighted by Gasteiger charge is -2.25. The molecular weight excluding hydrogens is 212 g/mol. The summed E-state index contributed by atoms with van der Waals surface area (Å²) in [5, 5.41) is 0. The molecule has 1 aromatic rings. The quantitative estimate of drug-likeness (QED) is 0.786. The predicted molar refractivity (Wildman–Crippen MR) is 73.0 cm³/mol. The Morgan fingerprint density at radius 1 is 1.06 bits per heavy atom. The van der Waals surface area contributed by atoms with Gasteiger partial charge in [-0.25, -0.2) is 0 Å². The smallest absolute Gasteiger partial charge is 0.161 e. The van der Waals surface area contributed by atoms with E-state index in [-0.39, 0.29) is 5.41 Å². The van der Waals surface area contributed by atoms with E-state index in [2.05, 4.69) is 27.4 Å². The van der Waals surface area contributed by atoms with E-state index >= 15 is 0 Å². The summed E-state index contributed by atoms with van der Waals surface area (Å²) in [5.41, 5.74) is 3.45. The highest BCUT2D eigenvalue weighted by Gasteiger charge is 2.21. The molecule has 0 atom stereocenters. The zero-order valence-corrected chi connectivity index (χ0v) is 11.7. The van der Waals surface area contributed by atoms with Gasteiger partial charge in [0, 0.05) is 0 Å². The molecular formula is C15H22O2. The van der Waals surface area contributed by atoms with Gasteiger partial charge in [-0.15, -0.1) is 0 Å². The molecule has 2 heteroatoms. The largest absolute Gasteiger partial charge is 0.493 e. The van der Waals surface area contributed by atoms with Crippen LogP contribution < -0.4 is 9.47 Å². The van der Waals surface area contributed by atoms with Crippen LogP contribution >= 0.6 is 0 Å². The van der Waals surface area contributed by atoms with Crippen LogP contribution in [0.4, 0.5) is 0 Å². The SMILES string of the molecule is C=C(C)c1cc(OC)c(OC)cc1C(C)(C)C. The molecule has 0 spiro atoms. The lowest BCUT2D eigenvalue weighted by atomic mass is 9.82. The predicted octanol–water partition coefficient (Wildman–Crippen LogP) is 4.03. The second-order valence-electron chi connectivity index (χ2n) is 5.28. The lowest BCUT2D eigenvalue weighted by Crippen LogP contribution is -2.14. The van der Waals surface area contributed by atoms with Crippen molar-refractivity contribution in [3.63, 3.8) is 0 Å². The Labute approximate surface area is 104 Å². The molecule has 0 heterocycles. The van der Waals surface area contributed by atoms with Crippen molar-refractivity contribution in [1.82, 2.24) is 0 Å². The average molecular weight is 234 g/mol. The van der Waals surface area contributed by atoms with E-state index in [1.807, 2.05) is 19.1 Å². The standard InChI is InChI=1S/C15H22O2/c1-10(2)11-8-13(16-6)14(17-7)9-12(11)15(3,4)5/h8-9H,1H2,2-7H3. The van der Waals surface area contributed by atoms with Gasteiger partial charge in [-0.1, -0.05) is 32.9 Å². The maximum Gasteiger partial charge on any atom is 0.161 e.